The fraction of sp³-hybridized carbons (Fsp3) is 0.562. The van der Waals surface area contributed by atoms with Crippen molar-refractivity contribution >= 4 is 11.7 Å². The molecule has 1 aromatic rings. The summed E-state index contributed by atoms with van der Waals surface area (Å²) in [4.78, 5) is 14.4. The van der Waals surface area contributed by atoms with E-state index in [9.17, 15) is 4.79 Å². The number of nitrogens with two attached hydrogens (primary N) is 1. The van der Waals surface area contributed by atoms with Gasteiger partial charge in [-0.3, -0.25) is 0 Å². The maximum atomic E-state index is 12.5. The number of ether oxygens (including phenoxy) is 1. The van der Waals surface area contributed by atoms with Gasteiger partial charge in [-0.15, -0.1) is 0 Å². The second kappa shape index (κ2) is 7.88. The lowest BCUT2D eigenvalue weighted by Gasteiger charge is -2.34. The number of hydrogen-bond acceptors (Lipinski definition) is 3. The van der Waals surface area contributed by atoms with Gasteiger partial charge >= 0.3 is 6.03 Å². The van der Waals surface area contributed by atoms with Gasteiger partial charge in [-0.25, -0.2) is 4.79 Å². The van der Waals surface area contributed by atoms with E-state index in [0.29, 0.717) is 19.1 Å². The summed E-state index contributed by atoms with van der Waals surface area (Å²) < 4.78 is 5.12. The Labute approximate surface area is 126 Å². The molecule has 0 spiro atoms. The van der Waals surface area contributed by atoms with Gasteiger partial charge in [0.2, 0.25) is 0 Å². The molecule has 5 heteroatoms. The Morgan fingerprint density at radius 2 is 1.95 bits per heavy atom. The zero-order valence-electron chi connectivity index (χ0n) is 12.7. The zero-order chi connectivity index (χ0) is 15.1. The highest BCUT2D eigenvalue weighted by Crippen LogP contribution is 2.23. The largest absolute Gasteiger partial charge is 0.497 e. The number of rotatable bonds is 5. The number of methoxy groups -OCH3 is 1. The lowest BCUT2D eigenvalue weighted by Crippen LogP contribution is -2.46. The van der Waals surface area contributed by atoms with Crippen molar-refractivity contribution in [1.82, 2.24) is 4.90 Å². The summed E-state index contributed by atoms with van der Waals surface area (Å²) in [6, 6.07) is 7.63. The number of anilines is 1. The SMILES string of the molecule is COc1ccc(NC(=O)N(CCN)C2CCCCC2)cc1. The number of urea groups is 1. The van der Waals surface area contributed by atoms with Gasteiger partial charge in [0.1, 0.15) is 5.75 Å². The number of carbonyl (C=O) groups is 1. The average Bonchev–Trinajstić information content (AvgIpc) is 2.54. The van der Waals surface area contributed by atoms with Crippen LogP contribution in [-0.4, -0.2) is 37.2 Å². The number of nitrogens with zero attached hydrogens (tertiary/aromatic N) is 1. The van der Waals surface area contributed by atoms with Crippen LogP contribution >= 0.6 is 0 Å². The van der Waals surface area contributed by atoms with Crippen molar-refractivity contribution in [1.29, 1.82) is 0 Å². The van der Waals surface area contributed by atoms with Crippen LogP contribution < -0.4 is 15.8 Å². The van der Waals surface area contributed by atoms with Gasteiger partial charge in [0.25, 0.3) is 0 Å². The average molecular weight is 291 g/mol. The molecule has 0 unspecified atom stereocenters. The standard InChI is InChI=1S/C16H25N3O2/c1-21-15-9-7-13(8-10-15)18-16(20)19(12-11-17)14-5-3-2-4-6-14/h7-10,14H,2-6,11-12,17H2,1H3,(H,18,20). The summed E-state index contributed by atoms with van der Waals surface area (Å²) in [5.41, 5.74) is 6.44. The first-order chi connectivity index (χ1) is 10.2. The fourth-order valence-corrected chi connectivity index (χ4v) is 2.85. The van der Waals surface area contributed by atoms with Crippen molar-refractivity contribution in [3.63, 3.8) is 0 Å². The Balaban J connectivity index is 1.99. The molecule has 1 aliphatic rings. The summed E-state index contributed by atoms with van der Waals surface area (Å²) >= 11 is 0. The quantitative estimate of drug-likeness (QED) is 0.876. The molecule has 116 valence electrons. The van der Waals surface area contributed by atoms with Crippen LogP contribution in [0.4, 0.5) is 10.5 Å². The predicted octanol–water partition coefficient (Wildman–Crippen LogP) is 2.82. The van der Waals surface area contributed by atoms with Crippen molar-refractivity contribution < 1.29 is 9.53 Å². The molecule has 2 amide bonds. The van der Waals surface area contributed by atoms with E-state index in [0.717, 1.165) is 24.3 Å². The minimum atomic E-state index is -0.0579. The van der Waals surface area contributed by atoms with Crippen LogP contribution in [0.3, 0.4) is 0 Å². The molecule has 1 fully saturated rings. The first-order valence-electron chi connectivity index (χ1n) is 7.66. The van der Waals surface area contributed by atoms with E-state index in [1.54, 1.807) is 7.11 Å². The number of carbonyl (C=O) groups excluding carboxylic acids is 1. The molecule has 1 saturated carbocycles. The van der Waals surface area contributed by atoms with Gasteiger partial charge in [0.05, 0.1) is 7.11 Å². The molecular formula is C16H25N3O2. The molecule has 0 heterocycles. The summed E-state index contributed by atoms with van der Waals surface area (Å²) in [6.45, 7) is 1.10. The summed E-state index contributed by atoms with van der Waals surface area (Å²) in [6.07, 6.45) is 5.82. The van der Waals surface area contributed by atoms with E-state index in [4.69, 9.17) is 10.5 Å². The molecule has 0 atom stereocenters. The second-order valence-corrected chi connectivity index (χ2v) is 5.43. The normalized spacial score (nSPS) is 15.5. The van der Waals surface area contributed by atoms with Crippen LogP contribution in [0.15, 0.2) is 24.3 Å². The third kappa shape index (κ3) is 4.36. The Hall–Kier alpha value is -1.75. The van der Waals surface area contributed by atoms with E-state index in [1.165, 1.54) is 19.3 Å². The molecule has 1 aliphatic carbocycles. The monoisotopic (exact) mass is 291 g/mol. The van der Waals surface area contributed by atoms with E-state index in [1.807, 2.05) is 29.2 Å². The number of nitrogens with one attached hydrogen (secondary N) is 1. The van der Waals surface area contributed by atoms with Crippen LogP contribution in [-0.2, 0) is 0 Å². The third-order valence-electron chi connectivity index (χ3n) is 3.99. The lowest BCUT2D eigenvalue weighted by molar-refractivity contribution is 0.169. The van der Waals surface area contributed by atoms with Crippen molar-refractivity contribution in [3.05, 3.63) is 24.3 Å². The number of amides is 2. The van der Waals surface area contributed by atoms with Gasteiger partial charge in [-0.2, -0.15) is 0 Å². The summed E-state index contributed by atoms with van der Waals surface area (Å²) in [5, 5.41) is 2.95. The molecule has 2 rings (SSSR count). The van der Waals surface area contributed by atoms with Gasteiger partial charge < -0.3 is 20.7 Å². The van der Waals surface area contributed by atoms with Crippen LogP contribution in [0.5, 0.6) is 5.75 Å². The zero-order valence-corrected chi connectivity index (χ0v) is 12.7. The Bertz CT molecular complexity index is 441. The lowest BCUT2D eigenvalue weighted by atomic mass is 9.94. The fourth-order valence-electron chi connectivity index (χ4n) is 2.85. The van der Waals surface area contributed by atoms with Crippen LogP contribution in [0, 0.1) is 0 Å². The Morgan fingerprint density at radius 1 is 1.29 bits per heavy atom. The van der Waals surface area contributed by atoms with Crippen molar-refractivity contribution in [2.45, 2.75) is 38.1 Å². The molecule has 3 N–H and O–H groups in total. The summed E-state index contributed by atoms with van der Waals surface area (Å²) in [5.74, 6) is 0.777. The van der Waals surface area contributed by atoms with Crippen LogP contribution in [0.25, 0.3) is 0 Å². The third-order valence-corrected chi connectivity index (χ3v) is 3.99. The topological polar surface area (TPSA) is 67.6 Å². The smallest absolute Gasteiger partial charge is 0.322 e. The van der Waals surface area contributed by atoms with Gasteiger partial charge in [0.15, 0.2) is 0 Å². The first kappa shape index (κ1) is 15.6. The van der Waals surface area contributed by atoms with E-state index < -0.39 is 0 Å². The molecular weight excluding hydrogens is 266 g/mol. The molecule has 0 radical (unpaired) electrons. The maximum Gasteiger partial charge on any atom is 0.322 e. The highest BCUT2D eigenvalue weighted by atomic mass is 16.5. The molecule has 5 nitrogen and oxygen atoms in total. The minimum Gasteiger partial charge on any atom is -0.497 e. The molecule has 0 bridgehead atoms. The Kier molecular flexibility index (Phi) is 5.87. The van der Waals surface area contributed by atoms with Crippen LogP contribution in [0.1, 0.15) is 32.1 Å². The highest BCUT2D eigenvalue weighted by Gasteiger charge is 2.24. The number of benzene rings is 1. The molecule has 0 aromatic heterocycles. The second-order valence-electron chi connectivity index (χ2n) is 5.43. The molecule has 0 aliphatic heterocycles. The van der Waals surface area contributed by atoms with Gasteiger partial charge in [-0.05, 0) is 37.1 Å². The molecule has 0 saturated heterocycles. The van der Waals surface area contributed by atoms with Crippen molar-refractivity contribution in [3.8, 4) is 5.75 Å². The van der Waals surface area contributed by atoms with E-state index in [-0.39, 0.29) is 6.03 Å². The van der Waals surface area contributed by atoms with Gasteiger partial charge in [0, 0.05) is 24.8 Å². The maximum absolute atomic E-state index is 12.5. The summed E-state index contributed by atoms with van der Waals surface area (Å²) in [7, 11) is 1.62. The highest BCUT2D eigenvalue weighted by molar-refractivity contribution is 5.89. The first-order valence-corrected chi connectivity index (χ1v) is 7.66. The van der Waals surface area contributed by atoms with Gasteiger partial charge in [-0.1, -0.05) is 19.3 Å². The van der Waals surface area contributed by atoms with Crippen molar-refractivity contribution in [2.75, 3.05) is 25.5 Å². The van der Waals surface area contributed by atoms with E-state index >= 15 is 0 Å². The van der Waals surface area contributed by atoms with Crippen LogP contribution in [0.2, 0.25) is 0 Å². The predicted molar refractivity (Wildman–Crippen MR) is 84.6 cm³/mol. The molecule has 1 aromatic carbocycles. The van der Waals surface area contributed by atoms with Crippen molar-refractivity contribution in [2.24, 2.45) is 5.73 Å². The molecule has 21 heavy (non-hydrogen) atoms. The number of hydrogen-bond donors (Lipinski definition) is 2. The Morgan fingerprint density at radius 3 is 2.52 bits per heavy atom. The minimum absolute atomic E-state index is 0.0579. The van der Waals surface area contributed by atoms with E-state index in [2.05, 4.69) is 5.32 Å².